The average Bonchev–Trinajstić information content (AvgIpc) is 2.99. The first-order valence-corrected chi connectivity index (χ1v) is 15.8. The highest BCUT2D eigenvalue weighted by Gasteiger charge is 2.35. The largest absolute Gasteiger partial charge is 0.352 e. The van der Waals surface area contributed by atoms with Crippen LogP contribution in [-0.2, 0) is 32.6 Å². The Morgan fingerprint density at radius 3 is 1.95 bits per heavy atom. The molecule has 1 N–H and O–H groups in total. The van der Waals surface area contributed by atoms with Gasteiger partial charge in [0.05, 0.1) is 10.6 Å². The zero-order chi connectivity index (χ0) is 31.0. The number of nitrogens with zero attached hydrogens (tertiary/aromatic N) is 2. The normalized spacial score (nSPS) is 12.0. The smallest absolute Gasteiger partial charge is 0.264 e. The van der Waals surface area contributed by atoms with Crippen LogP contribution in [-0.4, -0.2) is 43.8 Å². The van der Waals surface area contributed by atoms with Crippen LogP contribution in [0.4, 0.5) is 5.69 Å². The Hall–Kier alpha value is -4.43. The van der Waals surface area contributed by atoms with Crippen molar-refractivity contribution in [2.24, 2.45) is 0 Å². The van der Waals surface area contributed by atoms with Gasteiger partial charge in [-0.05, 0) is 68.7 Å². The van der Waals surface area contributed by atoms with Gasteiger partial charge in [-0.3, -0.25) is 13.9 Å². The Morgan fingerprint density at radius 2 is 1.35 bits per heavy atom. The predicted molar refractivity (Wildman–Crippen MR) is 171 cm³/mol. The van der Waals surface area contributed by atoms with E-state index in [4.69, 9.17) is 0 Å². The molecule has 0 heterocycles. The second kappa shape index (κ2) is 14.2. The van der Waals surface area contributed by atoms with Gasteiger partial charge >= 0.3 is 0 Å². The SMILES string of the molecule is Cc1ccc(N(CC(=O)N(Cc2ccccc2C)C(Cc2ccccc2)C(=O)NC(C)C)S(=O)(=O)c2ccccc2)cc1. The second-order valence-electron chi connectivity index (χ2n) is 11.0. The zero-order valence-electron chi connectivity index (χ0n) is 25.1. The minimum Gasteiger partial charge on any atom is -0.352 e. The van der Waals surface area contributed by atoms with Gasteiger partial charge in [0, 0.05) is 19.0 Å². The molecule has 0 aromatic heterocycles. The summed E-state index contributed by atoms with van der Waals surface area (Å²) in [5.74, 6) is -0.781. The molecule has 0 fully saturated rings. The summed E-state index contributed by atoms with van der Waals surface area (Å²) in [6, 6.07) is 31.3. The van der Waals surface area contributed by atoms with E-state index in [-0.39, 0.29) is 29.8 Å². The number of rotatable bonds is 12. The van der Waals surface area contributed by atoms with Crippen LogP contribution in [0.5, 0.6) is 0 Å². The van der Waals surface area contributed by atoms with Gasteiger partial charge in [-0.1, -0.05) is 90.5 Å². The van der Waals surface area contributed by atoms with Crippen molar-refractivity contribution in [3.63, 3.8) is 0 Å². The highest BCUT2D eigenvalue weighted by molar-refractivity contribution is 7.92. The van der Waals surface area contributed by atoms with E-state index < -0.39 is 28.5 Å². The van der Waals surface area contributed by atoms with Gasteiger partial charge in [0.1, 0.15) is 12.6 Å². The predicted octanol–water partition coefficient (Wildman–Crippen LogP) is 5.66. The summed E-state index contributed by atoms with van der Waals surface area (Å²) in [4.78, 5) is 29.8. The second-order valence-corrected chi connectivity index (χ2v) is 12.8. The van der Waals surface area contributed by atoms with Crippen LogP contribution in [0.25, 0.3) is 0 Å². The molecule has 0 aliphatic heterocycles. The third-order valence-corrected chi connectivity index (χ3v) is 9.02. The highest BCUT2D eigenvalue weighted by atomic mass is 32.2. The van der Waals surface area contributed by atoms with Gasteiger partial charge in [0.25, 0.3) is 10.0 Å². The maximum atomic E-state index is 14.4. The van der Waals surface area contributed by atoms with Gasteiger partial charge < -0.3 is 10.2 Å². The molecular formula is C35H39N3O4S. The van der Waals surface area contributed by atoms with Gasteiger partial charge in [-0.2, -0.15) is 0 Å². The molecule has 43 heavy (non-hydrogen) atoms. The van der Waals surface area contributed by atoms with Crippen LogP contribution in [0.2, 0.25) is 0 Å². The summed E-state index contributed by atoms with van der Waals surface area (Å²) in [6.45, 7) is 7.27. The fourth-order valence-corrected chi connectivity index (χ4v) is 6.30. The van der Waals surface area contributed by atoms with Gasteiger partial charge in [0.15, 0.2) is 0 Å². The fourth-order valence-electron chi connectivity index (χ4n) is 4.87. The zero-order valence-corrected chi connectivity index (χ0v) is 25.9. The molecule has 0 saturated carbocycles. The van der Waals surface area contributed by atoms with Crippen molar-refractivity contribution in [3.8, 4) is 0 Å². The molecule has 0 saturated heterocycles. The van der Waals surface area contributed by atoms with E-state index in [1.54, 1.807) is 30.3 Å². The fraction of sp³-hybridized carbons (Fsp3) is 0.257. The van der Waals surface area contributed by atoms with Crippen molar-refractivity contribution >= 4 is 27.5 Å². The third-order valence-electron chi connectivity index (χ3n) is 7.24. The van der Waals surface area contributed by atoms with Gasteiger partial charge in [0.2, 0.25) is 11.8 Å². The third kappa shape index (κ3) is 8.11. The number of amides is 2. The summed E-state index contributed by atoms with van der Waals surface area (Å²) in [5, 5.41) is 2.98. The Kier molecular flexibility index (Phi) is 10.4. The maximum absolute atomic E-state index is 14.4. The van der Waals surface area contributed by atoms with Gasteiger partial charge in [-0.15, -0.1) is 0 Å². The number of carbonyl (C=O) groups excluding carboxylic acids is 2. The molecular weight excluding hydrogens is 558 g/mol. The molecule has 8 heteroatoms. The van der Waals surface area contributed by atoms with E-state index in [0.29, 0.717) is 5.69 Å². The lowest BCUT2D eigenvalue weighted by atomic mass is 10.0. The molecule has 0 spiro atoms. The Bertz CT molecular complexity index is 1620. The first-order valence-electron chi connectivity index (χ1n) is 14.4. The molecule has 0 aliphatic rings. The highest BCUT2D eigenvalue weighted by Crippen LogP contribution is 2.25. The first-order chi connectivity index (χ1) is 20.6. The Balaban J connectivity index is 1.80. The van der Waals surface area contributed by atoms with Crippen LogP contribution >= 0.6 is 0 Å². The molecule has 0 radical (unpaired) electrons. The molecule has 4 aromatic carbocycles. The van der Waals surface area contributed by atoms with Crippen LogP contribution in [0.3, 0.4) is 0 Å². The first kappa shape index (κ1) is 31.5. The lowest BCUT2D eigenvalue weighted by Crippen LogP contribution is -2.54. The molecule has 7 nitrogen and oxygen atoms in total. The number of anilines is 1. The van der Waals surface area contributed by atoms with Crippen molar-refractivity contribution in [1.82, 2.24) is 10.2 Å². The molecule has 0 bridgehead atoms. The number of hydrogen-bond acceptors (Lipinski definition) is 4. The standard InChI is InChI=1S/C35H39N3O4S/c1-26(2)36-35(40)33(23-29-14-7-5-8-15-29)37(24-30-16-12-11-13-28(30)4)34(39)25-38(31-21-19-27(3)20-22-31)43(41,42)32-17-9-6-10-18-32/h5-22,26,33H,23-25H2,1-4H3,(H,36,40). The molecule has 2 amide bonds. The monoisotopic (exact) mass is 597 g/mol. The Morgan fingerprint density at radius 1 is 0.767 bits per heavy atom. The maximum Gasteiger partial charge on any atom is 0.264 e. The summed E-state index contributed by atoms with van der Waals surface area (Å²) in [6.07, 6.45) is 0.271. The number of sulfonamides is 1. The number of carbonyl (C=O) groups is 2. The lowest BCUT2D eigenvalue weighted by Gasteiger charge is -2.34. The van der Waals surface area contributed by atoms with Crippen molar-refractivity contribution < 1.29 is 18.0 Å². The molecule has 1 atom stereocenters. The average molecular weight is 598 g/mol. The number of aryl methyl sites for hydroxylation is 2. The topological polar surface area (TPSA) is 86.8 Å². The van der Waals surface area contributed by atoms with Gasteiger partial charge in [-0.25, -0.2) is 8.42 Å². The minimum absolute atomic E-state index is 0.0761. The van der Waals surface area contributed by atoms with E-state index in [1.807, 2.05) is 94.4 Å². The van der Waals surface area contributed by atoms with E-state index in [9.17, 15) is 18.0 Å². The molecule has 4 rings (SSSR count). The van der Waals surface area contributed by atoms with Crippen molar-refractivity contribution in [2.45, 2.75) is 57.6 Å². The van der Waals surface area contributed by atoms with Crippen LogP contribution in [0, 0.1) is 13.8 Å². The molecule has 224 valence electrons. The molecule has 4 aromatic rings. The van der Waals surface area contributed by atoms with Crippen LogP contribution in [0.15, 0.2) is 114 Å². The van der Waals surface area contributed by atoms with E-state index >= 15 is 0 Å². The summed E-state index contributed by atoms with van der Waals surface area (Å²) in [5.41, 5.74) is 4.06. The Labute approximate surface area is 255 Å². The summed E-state index contributed by atoms with van der Waals surface area (Å²) >= 11 is 0. The van der Waals surface area contributed by atoms with Crippen molar-refractivity contribution in [2.75, 3.05) is 10.8 Å². The number of benzene rings is 4. The van der Waals surface area contributed by atoms with Crippen molar-refractivity contribution in [3.05, 3.63) is 131 Å². The van der Waals surface area contributed by atoms with E-state index in [2.05, 4.69) is 5.32 Å². The summed E-state index contributed by atoms with van der Waals surface area (Å²) in [7, 11) is -4.12. The lowest BCUT2D eigenvalue weighted by molar-refractivity contribution is -0.140. The van der Waals surface area contributed by atoms with Crippen molar-refractivity contribution in [1.29, 1.82) is 0 Å². The quantitative estimate of drug-likeness (QED) is 0.228. The summed E-state index contributed by atoms with van der Waals surface area (Å²) < 4.78 is 29.1. The molecule has 1 unspecified atom stereocenters. The molecule has 0 aliphatic carbocycles. The minimum atomic E-state index is -4.12. The van der Waals surface area contributed by atoms with Crippen LogP contribution < -0.4 is 9.62 Å². The van der Waals surface area contributed by atoms with Crippen LogP contribution in [0.1, 0.15) is 36.1 Å². The van der Waals surface area contributed by atoms with E-state index in [1.165, 1.54) is 17.0 Å². The van der Waals surface area contributed by atoms with E-state index in [0.717, 1.165) is 26.6 Å². The number of hydrogen-bond donors (Lipinski definition) is 1. The number of nitrogens with one attached hydrogen (secondary N) is 1.